The zero-order chi connectivity index (χ0) is 8.41. The van der Waals surface area contributed by atoms with Crippen molar-refractivity contribution in [2.24, 2.45) is 16.8 Å². The van der Waals surface area contributed by atoms with Gasteiger partial charge in [-0.25, -0.2) is 0 Å². The molecule has 0 bridgehead atoms. The summed E-state index contributed by atoms with van der Waals surface area (Å²) in [6.45, 7) is 6.71. The largest absolute Gasteiger partial charge is 0.323 e. The maximum atomic E-state index is 4.87. The van der Waals surface area contributed by atoms with Gasteiger partial charge in [0.15, 0.2) is 0 Å². The Morgan fingerprint density at radius 3 is 1.90 bits per heavy atom. The zero-order valence-corrected chi connectivity index (χ0v) is 7.02. The van der Waals surface area contributed by atoms with E-state index in [4.69, 9.17) is 11.7 Å². The van der Waals surface area contributed by atoms with Crippen LogP contribution in [0, 0.1) is 0 Å². The predicted molar refractivity (Wildman–Crippen MR) is 45.5 cm³/mol. The van der Waals surface area contributed by atoms with Gasteiger partial charge in [-0.1, -0.05) is 13.8 Å². The fraction of sp³-hybridized carbons (Fsp3) is 0.833. The number of hydrazone groups is 1. The molecule has 0 atom stereocenters. The van der Waals surface area contributed by atoms with Crippen LogP contribution < -0.4 is 17.1 Å². The van der Waals surface area contributed by atoms with Crippen LogP contribution in [0.4, 0.5) is 0 Å². The van der Waals surface area contributed by atoms with E-state index < -0.39 is 0 Å². The highest BCUT2D eigenvalue weighted by Crippen LogP contribution is 1.76. The van der Waals surface area contributed by atoms with Crippen molar-refractivity contribution in [3.8, 4) is 0 Å². The third kappa shape index (κ3) is 15.7. The molecule has 0 saturated carbocycles. The Balaban J connectivity index is 0. The van der Waals surface area contributed by atoms with Gasteiger partial charge < -0.3 is 5.84 Å². The highest BCUT2D eigenvalue weighted by Gasteiger charge is 1.76. The van der Waals surface area contributed by atoms with Crippen LogP contribution >= 0.6 is 0 Å². The normalized spacial score (nSPS) is 10.2. The van der Waals surface area contributed by atoms with Crippen molar-refractivity contribution in [3.63, 3.8) is 0 Å². The van der Waals surface area contributed by atoms with Gasteiger partial charge in [-0.05, 0) is 13.3 Å². The van der Waals surface area contributed by atoms with E-state index >= 15 is 0 Å². The van der Waals surface area contributed by atoms with Crippen LogP contribution in [-0.2, 0) is 0 Å². The Labute approximate surface area is 62.6 Å². The van der Waals surface area contributed by atoms with Crippen LogP contribution in [0.1, 0.15) is 27.2 Å². The van der Waals surface area contributed by atoms with Gasteiger partial charge >= 0.3 is 0 Å². The molecule has 5 N–H and O–H groups in total. The van der Waals surface area contributed by atoms with Gasteiger partial charge in [-0.3, -0.25) is 11.3 Å². The first-order valence-corrected chi connectivity index (χ1v) is 3.39. The molecule has 0 aromatic rings. The SMILES string of the molecule is CCC(C)=NN.CCNN. The lowest BCUT2D eigenvalue weighted by Crippen LogP contribution is -2.20. The lowest BCUT2D eigenvalue weighted by molar-refractivity contribution is 0.781. The van der Waals surface area contributed by atoms with Gasteiger partial charge in [-0.15, -0.1) is 0 Å². The second-order valence-electron chi connectivity index (χ2n) is 1.78. The van der Waals surface area contributed by atoms with E-state index in [0.717, 1.165) is 18.7 Å². The molecule has 0 fully saturated rings. The van der Waals surface area contributed by atoms with Crippen LogP contribution in [0.15, 0.2) is 5.10 Å². The summed E-state index contributed by atoms with van der Waals surface area (Å²) in [6, 6.07) is 0. The van der Waals surface area contributed by atoms with Gasteiger partial charge in [0.2, 0.25) is 0 Å². The maximum Gasteiger partial charge on any atom is 0.0342 e. The van der Waals surface area contributed by atoms with Crippen molar-refractivity contribution in [3.05, 3.63) is 0 Å². The average Bonchev–Trinajstić information content (AvgIpc) is 2.03. The van der Waals surface area contributed by atoms with E-state index in [1.54, 1.807) is 0 Å². The minimum Gasteiger partial charge on any atom is -0.323 e. The van der Waals surface area contributed by atoms with Crippen molar-refractivity contribution >= 4 is 5.71 Å². The highest BCUT2D eigenvalue weighted by molar-refractivity contribution is 5.81. The lowest BCUT2D eigenvalue weighted by Gasteiger charge is -1.83. The van der Waals surface area contributed by atoms with Crippen molar-refractivity contribution in [2.75, 3.05) is 6.54 Å². The van der Waals surface area contributed by atoms with E-state index in [0.29, 0.717) is 0 Å². The van der Waals surface area contributed by atoms with Crippen LogP contribution in [0.3, 0.4) is 0 Å². The molecule has 0 aliphatic rings. The second kappa shape index (κ2) is 11.2. The van der Waals surface area contributed by atoms with E-state index in [2.05, 4.69) is 10.5 Å². The first kappa shape index (κ1) is 12.1. The van der Waals surface area contributed by atoms with Crippen molar-refractivity contribution < 1.29 is 0 Å². The minimum atomic E-state index is 0.847. The molecule has 0 unspecified atom stereocenters. The molecule has 0 aromatic heterocycles. The summed E-state index contributed by atoms with van der Waals surface area (Å²) < 4.78 is 0. The molecule has 0 saturated heterocycles. The molecule has 0 aromatic carbocycles. The van der Waals surface area contributed by atoms with Crippen molar-refractivity contribution in [1.82, 2.24) is 5.43 Å². The van der Waals surface area contributed by atoms with Crippen LogP contribution in [0.2, 0.25) is 0 Å². The summed E-state index contributed by atoms with van der Waals surface area (Å²) in [5.74, 6) is 9.65. The van der Waals surface area contributed by atoms with Gasteiger partial charge in [0, 0.05) is 12.3 Å². The van der Waals surface area contributed by atoms with E-state index in [1.807, 2.05) is 20.8 Å². The van der Waals surface area contributed by atoms with Crippen LogP contribution in [0.25, 0.3) is 0 Å². The minimum absolute atomic E-state index is 0.847. The average molecular weight is 146 g/mol. The third-order valence-electron chi connectivity index (χ3n) is 0.936. The first-order valence-electron chi connectivity index (χ1n) is 3.39. The molecular formula is C6H18N4. The summed E-state index contributed by atoms with van der Waals surface area (Å²) >= 11 is 0. The van der Waals surface area contributed by atoms with Crippen LogP contribution in [-0.4, -0.2) is 12.3 Å². The number of nitrogens with two attached hydrogens (primary N) is 2. The van der Waals surface area contributed by atoms with E-state index in [-0.39, 0.29) is 0 Å². The number of rotatable bonds is 2. The molecule has 0 aliphatic carbocycles. The molecule has 4 nitrogen and oxygen atoms in total. The number of hydrogen-bond acceptors (Lipinski definition) is 4. The molecule has 10 heavy (non-hydrogen) atoms. The summed E-state index contributed by atoms with van der Waals surface area (Å²) in [5, 5.41) is 3.42. The molecule has 0 aliphatic heterocycles. The Kier molecular flexibility index (Phi) is 13.6. The molecule has 0 rings (SSSR count). The van der Waals surface area contributed by atoms with E-state index in [9.17, 15) is 0 Å². The standard InChI is InChI=1S/C4H10N2.C2H8N2/c1-3-4(2)6-5;1-2-4-3/h3,5H2,1-2H3;4H,2-3H2,1H3. The summed E-state index contributed by atoms with van der Waals surface area (Å²) in [4.78, 5) is 0. The molecule has 4 heteroatoms. The highest BCUT2D eigenvalue weighted by atomic mass is 15.2. The molecule has 62 valence electrons. The fourth-order valence-electron chi connectivity index (χ4n) is 0.0913. The topological polar surface area (TPSA) is 76.4 Å². The quantitative estimate of drug-likeness (QED) is 0.296. The van der Waals surface area contributed by atoms with Gasteiger partial charge in [0.1, 0.15) is 0 Å². The van der Waals surface area contributed by atoms with Gasteiger partial charge in [0.25, 0.3) is 0 Å². The molecule has 0 spiro atoms. The lowest BCUT2D eigenvalue weighted by atomic mass is 10.3. The second-order valence-corrected chi connectivity index (χ2v) is 1.78. The summed E-state index contributed by atoms with van der Waals surface area (Å²) in [7, 11) is 0. The number of nitrogens with zero attached hydrogens (tertiary/aromatic N) is 1. The Morgan fingerprint density at radius 2 is 1.90 bits per heavy atom. The fourth-order valence-corrected chi connectivity index (χ4v) is 0.0913. The summed E-state index contributed by atoms with van der Waals surface area (Å²) in [6.07, 6.45) is 0.955. The van der Waals surface area contributed by atoms with Crippen LogP contribution in [0.5, 0.6) is 0 Å². The molecule has 0 amide bonds. The smallest absolute Gasteiger partial charge is 0.0342 e. The Morgan fingerprint density at radius 1 is 1.50 bits per heavy atom. The van der Waals surface area contributed by atoms with Gasteiger partial charge in [0.05, 0.1) is 0 Å². The molecular weight excluding hydrogens is 128 g/mol. The third-order valence-corrected chi connectivity index (χ3v) is 0.936. The summed E-state index contributed by atoms with van der Waals surface area (Å²) in [5.41, 5.74) is 3.43. The van der Waals surface area contributed by atoms with E-state index in [1.165, 1.54) is 0 Å². The number of nitrogens with one attached hydrogen (secondary N) is 1. The predicted octanol–water partition coefficient (Wildman–Crippen LogP) is 0.201. The van der Waals surface area contributed by atoms with Gasteiger partial charge in [-0.2, -0.15) is 5.10 Å². The Bertz CT molecular complexity index is 77.8. The number of hydrazine groups is 1. The first-order chi connectivity index (χ1) is 4.72. The zero-order valence-electron chi connectivity index (χ0n) is 7.02. The molecule has 0 radical (unpaired) electrons. The Hall–Kier alpha value is -0.610. The molecule has 0 heterocycles. The monoisotopic (exact) mass is 146 g/mol. The van der Waals surface area contributed by atoms with Crippen molar-refractivity contribution in [2.45, 2.75) is 27.2 Å². The van der Waals surface area contributed by atoms with Crippen molar-refractivity contribution in [1.29, 1.82) is 0 Å². The number of hydrogen-bond donors (Lipinski definition) is 3. The maximum absolute atomic E-state index is 4.87.